The quantitative estimate of drug-likeness (QED) is 0.129. The van der Waals surface area contributed by atoms with E-state index in [0.29, 0.717) is 16.8 Å². The van der Waals surface area contributed by atoms with E-state index in [-0.39, 0.29) is 18.6 Å². The van der Waals surface area contributed by atoms with Crippen molar-refractivity contribution >= 4 is 11.9 Å². The Hall–Kier alpha value is -5.27. The number of aromatic amines is 1. The summed E-state index contributed by atoms with van der Waals surface area (Å²) in [7, 11) is 0. The number of unbranched alkanes of at least 4 members (excludes halogenated alkanes) is 3. The number of carbonyl (C=O) groups excluding carboxylic acids is 2. The highest BCUT2D eigenvalue weighted by Crippen LogP contribution is 2.31. The number of H-pyrrole nitrogens is 1. The van der Waals surface area contributed by atoms with Crippen LogP contribution in [0.1, 0.15) is 93.9 Å². The smallest absolute Gasteiger partial charge is 0.338 e. The van der Waals surface area contributed by atoms with E-state index in [9.17, 15) is 19.2 Å². The molecule has 1 N–H and O–H groups in total. The van der Waals surface area contributed by atoms with E-state index in [1.165, 1.54) is 30.0 Å². The zero-order chi connectivity index (χ0) is 34.0. The molecule has 1 aliphatic rings. The van der Waals surface area contributed by atoms with E-state index in [1.807, 2.05) is 26.0 Å². The molecular formula is C38H39N3O7. The third kappa shape index (κ3) is 8.96. The van der Waals surface area contributed by atoms with Gasteiger partial charge in [0.2, 0.25) is 0 Å². The number of hydrogen-bond donors (Lipinski definition) is 1. The summed E-state index contributed by atoms with van der Waals surface area (Å²) in [5, 5.41) is 0. The van der Waals surface area contributed by atoms with Crippen LogP contribution in [-0.4, -0.2) is 45.3 Å². The number of nitrogens with zero attached hydrogens (tertiary/aromatic N) is 2. The fraction of sp³-hybridized carbons (Fsp3) is 0.342. The second-order valence-corrected chi connectivity index (χ2v) is 12.0. The first kappa shape index (κ1) is 34.1. The van der Waals surface area contributed by atoms with Gasteiger partial charge in [-0.25, -0.2) is 19.4 Å². The average Bonchev–Trinajstić information content (AvgIpc) is 3.48. The number of hydrogen-bond acceptors (Lipinski definition) is 8. The monoisotopic (exact) mass is 649 g/mol. The zero-order valence-corrected chi connectivity index (χ0v) is 27.4. The van der Waals surface area contributed by atoms with Crippen LogP contribution in [0.15, 0.2) is 82.6 Å². The molecule has 0 amide bonds. The van der Waals surface area contributed by atoms with Crippen molar-refractivity contribution in [3.63, 3.8) is 0 Å². The molecule has 1 aliphatic heterocycles. The molecule has 2 aromatic carbocycles. The molecule has 10 nitrogen and oxygen atoms in total. The molecule has 3 atom stereocenters. The summed E-state index contributed by atoms with van der Waals surface area (Å²) in [4.78, 5) is 58.2. The average molecular weight is 650 g/mol. The molecule has 4 aromatic rings. The molecule has 3 heterocycles. The van der Waals surface area contributed by atoms with Crippen LogP contribution < -0.4 is 11.2 Å². The van der Waals surface area contributed by atoms with Gasteiger partial charge in [-0.3, -0.25) is 14.3 Å². The third-order valence-corrected chi connectivity index (χ3v) is 8.14. The first-order valence-corrected chi connectivity index (χ1v) is 16.2. The van der Waals surface area contributed by atoms with E-state index >= 15 is 0 Å². The number of rotatable bonds is 11. The molecular weight excluding hydrogens is 610 g/mol. The van der Waals surface area contributed by atoms with Crippen molar-refractivity contribution in [2.45, 2.75) is 77.7 Å². The predicted octanol–water partition coefficient (Wildman–Crippen LogP) is 5.44. The number of aryl methyl sites for hydroxylation is 3. The fourth-order valence-corrected chi connectivity index (χ4v) is 5.29. The lowest BCUT2D eigenvalue weighted by atomic mass is 10.1. The molecule has 248 valence electrons. The Morgan fingerprint density at radius 2 is 1.60 bits per heavy atom. The van der Waals surface area contributed by atoms with E-state index in [1.54, 1.807) is 54.7 Å². The van der Waals surface area contributed by atoms with Crippen molar-refractivity contribution in [2.24, 2.45) is 0 Å². The van der Waals surface area contributed by atoms with Crippen LogP contribution in [0.4, 0.5) is 0 Å². The predicted molar refractivity (Wildman–Crippen MR) is 180 cm³/mol. The van der Waals surface area contributed by atoms with Crippen molar-refractivity contribution in [3.05, 3.63) is 133 Å². The Bertz CT molecular complexity index is 1900. The maximum atomic E-state index is 13.1. The summed E-state index contributed by atoms with van der Waals surface area (Å²) >= 11 is 0. The van der Waals surface area contributed by atoms with E-state index in [4.69, 9.17) is 14.2 Å². The van der Waals surface area contributed by atoms with Crippen molar-refractivity contribution in [3.8, 4) is 11.8 Å². The first-order chi connectivity index (χ1) is 23.2. The van der Waals surface area contributed by atoms with Gasteiger partial charge in [-0.15, -0.1) is 0 Å². The molecule has 0 saturated carbocycles. The molecule has 1 saturated heterocycles. The summed E-state index contributed by atoms with van der Waals surface area (Å²) in [6, 6.07) is 17.6. The van der Waals surface area contributed by atoms with Gasteiger partial charge in [-0.2, -0.15) is 0 Å². The highest BCUT2D eigenvalue weighted by Gasteiger charge is 2.40. The zero-order valence-electron chi connectivity index (χ0n) is 27.4. The van der Waals surface area contributed by atoms with Gasteiger partial charge < -0.3 is 14.2 Å². The number of benzene rings is 2. The molecule has 1 fully saturated rings. The molecule has 0 radical (unpaired) electrons. The first-order valence-electron chi connectivity index (χ1n) is 16.2. The SMILES string of the molecule is CCCCCCc1ccc(C#Cc2cn([C@H]3C[C@H](OC(=O)c4ccc(C)cc4)[C@@H](COC(=O)c4ccc(C)cc4)O3)c(=O)[nH]c2=O)nc1. The van der Waals surface area contributed by atoms with Crippen LogP contribution >= 0.6 is 0 Å². The molecule has 0 bridgehead atoms. The van der Waals surface area contributed by atoms with Gasteiger partial charge >= 0.3 is 17.6 Å². The largest absolute Gasteiger partial charge is 0.459 e. The van der Waals surface area contributed by atoms with Crippen LogP contribution in [-0.2, 0) is 20.6 Å². The minimum atomic E-state index is -0.945. The lowest BCUT2D eigenvalue weighted by molar-refractivity contribution is -0.0582. The van der Waals surface area contributed by atoms with Gasteiger partial charge in [0.1, 0.15) is 36.3 Å². The molecule has 5 rings (SSSR count). The molecule has 10 heteroatoms. The van der Waals surface area contributed by atoms with Crippen molar-refractivity contribution in [1.82, 2.24) is 14.5 Å². The normalized spacial score (nSPS) is 16.9. The van der Waals surface area contributed by atoms with Gasteiger partial charge in [0.15, 0.2) is 0 Å². The summed E-state index contributed by atoms with van der Waals surface area (Å²) in [6.07, 6.45) is 6.07. The molecule has 0 spiro atoms. The number of carbonyl (C=O) groups is 2. The van der Waals surface area contributed by atoms with Gasteiger partial charge in [-0.05, 0) is 68.5 Å². The lowest BCUT2D eigenvalue weighted by Gasteiger charge is -2.19. The summed E-state index contributed by atoms with van der Waals surface area (Å²) in [5.41, 5.74) is 2.95. The summed E-state index contributed by atoms with van der Waals surface area (Å²) in [6.45, 7) is 5.76. The van der Waals surface area contributed by atoms with Crippen molar-refractivity contribution in [2.75, 3.05) is 6.61 Å². The third-order valence-electron chi connectivity index (χ3n) is 8.14. The molecule has 2 aromatic heterocycles. The maximum absolute atomic E-state index is 13.1. The summed E-state index contributed by atoms with van der Waals surface area (Å²) < 4.78 is 18.7. The van der Waals surface area contributed by atoms with Crippen LogP contribution in [0.2, 0.25) is 0 Å². The van der Waals surface area contributed by atoms with Gasteiger partial charge in [0, 0.05) is 18.8 Å². The van der Waals surface area contributed by atoms with E-state index in [2.05, 4.69) is 28.7 Å². The lowest BCUT2D eigenvalue weighted by Crippen LogP contribution is -2.34. The Morgan fingerprint density at radius 3 is 2.25 bits per heavy atom. The van der Waals surface area contributed by atoms with Crippen LogP contribution in [0.25, 0.3) is 0 Å². The highest BCUT2D eigenvalue weighted by molar-refractivity contribution is 5.90. The Morgan fingerprint density at radius 1 is 0.917 bits per heavy atom. The van der Waals surface area contributed by atoms with Gasteiger partial charge in [-0.1, -0.05) is 73.6 Å². The highest BCUT2D eigenvalue weighted by atomic mass is 16.6. The molecule has 0 aliphatic carbocycles. The van der Waals surface area contributed by atoms with Crippen molar-refractivity contribution in [1.29, 1.82) is 0 Å². The minimum Gasteiger partial charge on any atom is -0.459 e. The maximum Gasteiger partial charge on any atom is 0.338 e. The van der Waals surface area contributed by atoms with Crippen LogP contribution in [0.5, 0.6) is 0 Å². The minimum absolute atomic E-state index is 0.0334. The Balaban J connectivity index is 1.33. The standard InChI is InChI=1S/C38H39N3O7/c1-4-5-6-7-8-27-13-19-31(39-22-27)20-18-30-23-41(38(45)40-35(30)42)34-21-32(48-37(44)29-16-11-26(3)12-17-29)33(47-34)24-46-36(43)28-14-9-25(2)10-15-28/h9-17,19,22-23,32-34H,4-8,21,24H2,1-3H3,(H,40,42,45)/t32-,33+,34+/m0/s1. The number of esters is 2. The number of ether oxygens (including phenoxy) is 3. The number of nitrogens with one attached hydrogen (secondary N) is 1. The Kier molecular flexibility index (Phi) is 11.4. The fourth-order valence-electron chi connectivity index (χ4n) is 5.29. The second-order valence-electron chi connectivity index (χ2n) is 12.0. The topological polar surface area (TPSA) is 130 Å². The van der Waals surface area contributed by atoms with Gasteiger partial charge in [0.05, 0.1) is 11.1 Å². The summed E-state index contributed by atoms with van der Waals surface area (Å²) in [5.74, 6) is 4.56. The van der Waals surface area contributed by atoms with Crippen LogP contribution in [0.3, 0.4) is 0 Å². The molecule has 48 heavy (non-hydrogen) atoms. The number of aromatic nitrogens is 3. The molecule has 0 unspecified atom stereocenters. The Labute approximate surface area is 279 Å². The van der Waals surface area contributed by atoms with Gasteiger partial charge in [0.25, 0.3) is 5.56 Å². The van der Waals surface area contributed by atoms with E-state index < -0.39 is 41.6 Å². The van der Waals surface area contributed by atoms with Crippen LogP contribution in [0, 0.1) is 25.7 Å². The second kappa shape index (κ2) is 16.0. The van der Waals surface area contributed by atoms with E-state index in [0.717, 1.165) is 29.5 Å². The van der Waals surface area contributed by atoms with Crippen molar-refractivity contribution < 1.29 is 23.8 Å². The number of pyridine rings is 1.